The molecule has 3 heterocycles. The number of anilines is 1. The summed E-state index contributed by atoms with van der Waals surface area (Å²) in [5, 5.41) is 4.14. The molecule has 248 valence electrons. The molecule has 0 bridgehead atoms. The van der Waals surface area contributed by atoms with Gasteiger partial charge in [-0.15, -0.1) is 9.53 Å². The van der Waals surface area contributed by atoms with E-state index in [-0.39, 0.29) is 16.7 Å². The summed E-state index contributed by atoms with van der Waals surface area (Å²) in [6.45, 7) is 11.1. The van der Waals surface area contributed by atoms with Gasteiger partial charge in [0, 0.05) is 74.8 Å². The number of hydroxylamine groups is 2. The van der Waals surface area contributed by atoms with Crippen molar-refractivity contribution in [1.29, 1.82) is 0 Å². The van der Waals surface area contributed by atoms with Gasteiger partial charge in [0.05, 0.1) is 23.9 Å². The molecule has 2 aliphatic heterocycles. The van der Waals surface area contributed by atoms with E-state index >= 15 is 0 Å². The number of aromatic nitrogens is 1. The maximum atomic E-state index is 14.1. The van der Waals surface area contributed by atoms with Crippen molar-refractivity contribution in [2.75, 3.05) is 51.0 Å². The van der Waals surface area contributed by atoms with Crippen molar-refractivity contribution in [2.45, 2.75) is 64.1 Å². The Morgan fingerprint density at radius 2 is 1.89 bits per heavy atom. The molecule has 1 saturated heterocycles. The fourth-order valence-electron chi connectivity index (χ4n) is 5.36. The number of carbonyl (C=O) groups is 2. The molecule has 0 saturated carbocycles. The molecule has 45 heavy (non-hydrogen) atoms. The molecule has 4 N–H and O–H groups in total. The number of nitrogens with one attached hydrogen (secondary N) is 1. The molecule has 0 aliphatic carbocycles. The Morgan fingerprint density at radius 1 is 1.18 bits per heavy atom. The summed E-state index contributed by atoms with van der Waals surface area (Å²) < 4.78 is 32.5. The Balaban J connectivity index is 1.54. The largest absolute Gasteiger partial charge is 0.444 e. The Kier molecular flexibility index (Phi) is 10.1. The number of alkyl carbamates (subject to hydrolysis) is 1. The zero-order chi connectivity index (χ0) is 33.2. The van der Waals surface area contributed by atoms with Gasteiger partial charge in [0.15, 0.2) is 0 Å². The van der Waals surface area contributed by atoms with Gasteiger partial charge in [-0.25, -0.2) is 14.2 Å². The molecule has 13 heteroatoms. The summed E-state index contributed by atoms with van der Waals surface area (Å²) in [7, 11) is -2.53. The first-order valence-corrected chi connectivity index (χ1v) is 17.6. The second-order valence-electron chi connectivity index (χ2n) is 12.9. The van der Waals surface area contributed by atoms with Gasteiger partial charge in [-0.05, 0) is 63.5 Å². The van der Waals surface area contributed by atoms with Gasteiger partial charge < -0.3 is 20.7 Å². The second kappa shape index (κ2) is 13.2. The van der Waals surface area contributed by atoms with E-state index in [4.69, 9.17) is 15.3 Å². The number of nitrogens with zero attached hydrogens (tertiary/aromatic N) is 4. The summed E-state index contributed by atoms with van der Waals surface area (Å²) in [5.41, 5.74) is 9.63. The first-order chi connectivity index (χ1) is 21.0. The average Bonchev–Trinajstić information content (AvgIpc) is 3.06. The third-order valence-corrected chi connectivity index (χ3v) is 10.8. The molecule has 2 aliphatic rings. The first kappa shape index (κ1) is 34.5. The lowest BCUT2D eigenvalue weighted by molar-refractivity contribution is -0.180. The molecule has 2 aromatic rings. The molecule has 0 radical (unpaired) electrons. The van der Waals surface area contributed by atoms with Crippen LogP contribution in [0.1, 0.15) is 53.0 Å². The van der Waals surface area contributed by atoms with Crippen LogP contribution in [0.25, 0.3) is 17.2 Å². The number of carbonyl (C=O) groups excluding carboxylic acids is 2. The minimum absolute atomic E-state index is 0.0157. The lowest BCUT2D eigenvalue weighted by Crippen LogP contribution is -2.62. The highest BCUT2D eigenvalue weighted by Gasteiger charge is 2.42. The van der Waals surface area contributed by atoms with Crippen LogP contribution in [-0.2, 0) is 23.9 Å². The van der Waals surface area contributed by atoms with Crippen LogP contribution in [0.15, 0.2) is 47.1 Å². The fourth-order valence-corrected chi connectivity index (χ4v) is 7.48. The van der Waals surface area contributed by atoms with Crippen molar-refractivity contribution in [3.63, 3.8) is 0 Å². The number of rotatable bonds is 10. The predicted octanol–water partition coefficient (Wildman–Crippen LogP) is 4.10. The molecule has 12 nitrogen and oxygen atoms in total. The van der Waals surface area contributed by atoms with Crippen molar-refractivity contribution in [2.24, 2.45) is 11.7 Å². The standard InChI is InChI=1S/C32H48N6O6S/c1-8-12-38(43-9-2)30(39)25-13-24-11-10-23(15-28(24)36(6)29(33)16-25)26-14-27(19-34-18-26)45(7,41,42)37-20-22(21-37)17-35-31(40)44-32(3,4)5/h10-11,13-15,18-19,22,29H,8-9,12,16-17,20-21,33H2,1-7H3,(H,35,40)(H,41,42). The number of nitrogens with two attached hydrogens (primary N) is 1. The summed E-state index contributed by atoms with van der Waals surface area (Å²) >= 11 is 0. The van der Waals surface area contributed by atoms with Crippen molar-refractivity contribution < 1.29 is 27.9 Å². The topological polar surface area (TPSA) is 151 Å². The van der Waals surface area contributed by atoms with Crippen LogP contribution in [-0.4, -0.2) is 93.0 Å². The lowest BCUT2D eigenvalue weighted by Gasteiger charge is -2.55. The smallest absolute Gasteiger partial charge is 0.407 e. The maximum absolute atomic E-state index is 14.1. The van der Waals surface area contributed by atoms with Crippen LogP contribution in [0.5, 0.6) is 0 Å². The molecule has 1 aromatic carbocycles. The third-order valence-electron chi connectivity index (χ3n) is 7.93. The zero-order valence-corrected chi connectivity index (χ0v) is 28.2. The molecule has 1 atom stereocenters. The van der Waals surface area contributed by atoms with Gasteiger partial charge in [0.2, 0.25) is 0 Å². The quantitative estimate of drug-likeness (QED) is 0.325. The van der Waals surface area contributed by atoms with Gasteiger partial charge in [-0.3, -0.25) is 19.2 Å². The molecular weight excluding hydrogens is 596 g/mol. The van der Waals surface area contributed by atoms with Crippen LogP contribution in [0.3, 0.4) is 0 Å². The van der Waals surface area contributed by atoms with Crippen molar-refractivity contribution in [3.05, 3.63) is 47.8 Å². The van der Waals surface area contributed by atoms with Gasteiger partial charge >= 0.3 is 6.09 Å². The molecule has 1 aromatic heterocycles. The number of pyridine rings is 1. The summed E-state index contributed by atoms with van der Waals surface area (Å²) in [6.07, 6.45) is 6.44. The van der Waals surface area contributed by atoms with Gasteiger partial charge in [0.1, 0.15) is 5.60 Å². The van der Waals surface area contributed by atoms with Crippen LogP contribution in [0.4, 0.5) is 10.5 Å². The normalized spacial score (nSPS) is 18.5. The predicted molar refractivity (Wildman–Crippen MR) is 177 cm³/mol. The summed E-state index contributed by atoms with van der Waals surface area (Å²) in [5.74, 6) is -0.181. The van der Waals surface area contributed by atoms with E-state index < -0.39 is 27.4 Å². The Bertz CT molecular complexity index is 1500. The van der Waals surface area contributed by atoms with E-state index in [1.807, 2.05) is 50.1 Å². The van der Waals surface area contributed by atoms with E-state index in [9.17, 15) is 18.4 Å². The summed E-state index contributed by atoms with van der Waals surface area (Å²) in [6, 6.07) is 7.48. The number of ether oxygens (including phenoxy) is 1. The van der Waals surface area contributed by atoms with Gasteiger partial charge in [0.25, 0.3) is 5.91 Å². The molecule has 0 spiro atoms. The minimum atomic E-state index is -4.42. The van der Waals surface area contributed by atoms with Gasteiger partial charge in [-0.1, -0.05) is 19.1 Å². The van der Waals surface area contributed by atoms with E-state index in [2.05, 4.69) is 10.3 Å². The van der Waals surface area contributed by atoms with Crippen molar-refractivity contribution in [3.8, 4) is 11.1 Å². The number of fused-ring (bicyclic) bond motifs is 1. The number of hydrogen-bond acceptors (Lipinski definition) is 8. The Morgan fingerprint density at radius 3 is 2.53 bits per heavy atom. The minimum Gasteiger partial charge on any atom is -0.444 e. The average molecular weight is 645 g/mol. The van der Waals surface area contributed by atoms with Crippen molar-refractivity contribution >= 4 is 33.3 Å². The number of benzene rings is 1. The van der Waals surface area contributed by atoms with Crippen LogP contribution >= 0.6 is 0 Å². The monoisotopic (exact) mass is 644 g/mol. The Labute approximate surface area is 266 Å². The summed E-state index contributed by atoms with van der Waals surface area (Å²) in [4.78, 5) is 37.4. The fraction of sp³-hybridized carbons (Fsp3) is 0.531. The third kappa shape index (κ3) is 7.90. The van der Waals surface area contributed by atoms with Crippen molar-refractivity contribution in [1.82, 2.24) is 19.7 Å². The Hall–Kier alpha value is -3.36. The van der Waals surface area contributed by atoms with Crippen LogP contribution < -0.4 is 16.0 Å². The first-order valence-electron chi connectivity index (χ1n) is 15.4. The molecular formula is C32H48N6O6S. The highest BCUT2D eigenvalue weighted by atomic mass is 32.3. The molecule has 1 fully saturated rings. The van der Waals surface area contributed by atoms with E-state index in [0.29, 0.717) is 50.3 Å². The number of hydrogen-bond donors (Lipinski definition) is 3. The van der Waals surface area contributed by atoms with Crippen LogP contribution in [0.2, 0.25) is 0 Å². The SMILES string of the molecule is CCCN(OCC)C(=O)C1=Cc2ccc(-c3cncc(S(C)(=O)(O)N4CC(CNC(=O)OC(C)(C)C)C4)c3)cc2N(C)C(N)C1. The zero-order valence-electron chi connectivity index (χ0n) is 27.4. The van der Waals surface area contributed by atoms with Gasteiger partial charge in [-0.2, -0.15) is 4.21 Å². The highest BCUT2D eigenvalue weighted by molar-refractivity contribution is 8.12. The maximum Gasteiger partial charge on any atom is 0.407 e. The van der Waals surface area contributed by atoms with E-state index in [0.717, 1.165) is 23.2 Å². The lowest BCUT2D eigenvalue weighted by atomic mass is 10.0. The van der Waals surface area contributed by atoms with Crippen LogP contribution in [0, 0.1) is 5.92 Å². The molecule has 2 amide bonds. The molecule has 1 unspecified atom stereocenters. The highest BCUT2D eigenvalue weighted by Crippen LogP contribution is 2.40. The van der Waals surface area contributed by atoms with E-state index in [1.54, 1.807) is 33.0 Å². The molecule has 4 rings (SSSR count). The second-order valence-corrected chi connectivity index (χ2v) is 16.3. The van der Waals surface area contributed by atoms with E-state index in [1.165, 1.54) is 21.8 Å². The number of amides is 2.